The fourth-order valence-electron chi connectivity index (χ4n) is 3.29. The first-order valence-electron chi connectivity index (χ1n) is 9.56. The van der Waals surface area contributed by atoms with E-state index in [0.29, 0.717) is 29.7 Å². The van der Waals surface area contributed by atoms with Crippen LogP contribution in [0.25, 0.3) is 11.4 Å². The third-order valence-corrected chi connectivity index (χ3v) is 5.31. The molecule has 1 unspecified atom stereocenters. The van der Waals surface area contributed by atoms with Crippen molar-refractivity contribution >= 4 is 17.5 Å². The van der Waals surface area contributed by atoms with E-state index in [0.717, 1.165) is 24.0 Å². The molecule has 1 aliphatic carbocycles. The number of amides is 1. The van der Waals surface area contributed by atoms with E-state index in [1.807, 2.05) is 35.2 Å². The number of hydrogen-bond acceptors (Lipinski definition) is 4. The maximum Gasteiger partial charge on any atom is 0.228 e. The molecule has 4 rings (SSSR count). The van der Waals surface area contributed by atoms with E-state index in [-0.39, 0.29) is 17.9 Å². The number of benzene rings is 2. The van der Waals surface area contributed by atoms with E-state index >= 15 is 0 Å². The molecule has 1 aromatic heterocycles. The Morgan fingerprint density at radius 1 is 1.21 bits per heavy atom. The summed E-state index contributed by atoms with van der Waals surface area (Å²) in [5.41, 5.74) is 1.94. The van der Waals surface area contributed by atoms with Crippen molar-refractivity contribution in [2.24, 2.45) is 5.92 Å². The highest BCUT2D eigenvalue weighted by Crippen LogP contribution is 2.34. The van der Waals surface area contributed by atoms with E-state index in [9.17, 15) is 4.79 Å². The Hall–Kier alpha value is -2.66. The Bertz CT molecular complexity index is 953. The minimum Gasteiger partial charge on any atom is -0.339 e. The molecule has 3 aromatic rings. The summed E-state index contributed by atoms with van der Waals surface area (Å²) < 4.78 is 5.41. The second-order valence-corrected chi connectivity index (χ2v) is 7.60. The monoisotopic (exact) mass is 395 g/mol. The van der Waals surface area contributed by atoms with E-state index in [4.69, 9.17) is 16.1 Å². The van der Waals surface area contributed by atoms with E-state index in [2.05, 4.69) is 29.2 Å². The summed E-state index contributed by atoms with van der Waals surface area (Å²) >= 11 is 6.04. The molecule has 28 heavy (non-hydrogen) atoms. The largest absolute Gasteiger partial charge is 0.339 e. The molecule has 1 heterocycles. The van der Waals surface area contributed by atoms with Crippen LogP contribution < -0.4 is 0 Å². The second kappa shape index (κ2) is 8.15. The molecule has 6 heteroatoms. The third-order valence-electron chi connectivity index (χ3n) is 5.08. The van der Waals surface area contributed by atoms with E-state index in [1.54, 1.807) is 12.1 Å². The number of halogens is 1. The molecule has 0 saturated heterocycles. The zero-order chi connectivity index (χ0) is 19.5. The minimum atomic E-state index is 0.00428. The number of carbonyl (C=O) groups is 1. The molecule has 1 amide bonds. The van der Waals surface area contributed by atoms with Crippen LogP contribution in [-0.4, -0.2) is 27.5 Å². The normalized spacial score (nSPS) is 14.6. The number of rotatable bonds is 7. The molecule has 1 aliphatic rings. The van der Waals surface area contributed by atoms with Crippen molar-refractivity contribution in [1.29, 1.82) is 0 Å². The molecule has 144 valence electrons. The van der Waals surface area contributed by atoms with E-state index < -0.39 is 0 Å². The fraction of sp³-hybridized carbons (Fsp3) is 0.318. The molecule has 0 bridgehead atoms. The Balaban J connectivity index is 1.48. The summed E-state index contributed by atoms with van der Waals surface area (Å²) in [6.45, 7) is 2.61. The number of aromatic nitrogens is 2. The highest BCUT2D eigenvalue weighted by atomic mass is 35.5. The van der Waals surface area contributed by atoms with Gasteiger partial charge >= 0.3 is 0 Å². The van der Waals surface area contributed by atoms with Crippen molar-refractivity contribution in [3.8, 4) is 11.4 Å². The molecule has 0 aliphatic heterocycles. The molecular weight excluding hydrogens is 374 g/mol. The average molecular weight is 396 g/mol. The fourth-order valence-corrected chi connectivity index (χ4v) is 3.48. The highest BCUT2D eigenvalue weighted by molar-refractivity contribution is 6.30. The molecule has 5 nitrogen and oxygen atoms in total. The lowest BCUT2D eigenvalue weighted by molar-refractivity contribution is -0.134. The third kappa shape index (κ3) is 4.25. The molecular formula is C22H22ClN3O2. The van der Waals surface area contributed by atoms with Gasteiger partial charge in [0.15, 0.2) is 0 Å². The summed E-state index contributed by atoms with van der Waals surface area (Å²) in [7, 11) is 0. The van der Waals surface area contributed by atoms with Crippen molar-refractivity contribution in [3.05, 3.63) is 71.1 Å². The van der Waals surface area contributed by atoms with Crippen molar-refractivity contribution in [1.82, 2.24) is 15.0 Å². The molecule has 0 N–H and O–H groups in total. The van der Waals surface area contributed by atoms with Crippen molar-refractivity contribution in [3.63, 3.8) is 0 Å². The van der Waals surface area contributed by atoms with Crippen LogP contribution in [0.5, 0.6) is 0 Å². The van der Waals surface area contributed by atoms with Gasteiger partial charge < -0.3 is 9.42 Å². The number of hydrogen-bond donors (Lipinski definition) is 0. The maximum absolute atomic E-state index is 12.9. The first kappa shape index (κ1) is 18.7. The maximum atomic E-state index is 12.9. The van der Waals surface area contributed by atoms with Gasteiger partial charge in [-0.15, -0.1) is 0 Å². The topological polar surface area (TPSA) is 59.2 Å². The van der Waals surface area contributed by atoms with Crippen molar-refractivity contribution in [2.75, 3.05) is 6.54 Å². The lowest BCUT2D eigenvalue weighted by atomic mass is 10.1. The summed E-state index contributed by atoms with van der Waals surface area (Å²) in [5, 5.41) is 4.68. The second-order valence-electron chi connectivity index (χ2n) is 7.16. The van der Waals surface area contributed by atoms with Gasteiger partial charge in [0.2, 0.25) is 17.6 Å². The van der Waals surface area contributed by atoms with Gasteiger partial charge in [-0.05, 0) is 37.5 Å². The smallest absolute Gasteiger partial charge is 0.228 e. The van der Waals surface area contributed by atoms with Crippen LogP contribution >= 0.6 is 11.6 Å². The Labute approximate surface area is 169 Å². The quantitative estimate of drug-likeness (QED) is 0.569. The highest BCUT2D eigenvalue weighted by Gasteiger charge is 2.35. The Morgan fingerprint density at radius 2 is 2.00 bits per heavy atom. The Morgan fingerprint density at radius 3 is 2.71 bits per heavy atom. The summed E-state index contributed by atoms with van der Waals surface area (Å²) in [5.74, 6) is 1.40. The van der Waals surface area contributed by atoms with Crippen LogP contribution in [0.15, 0.2) is 59.1 Å². The van der Waals surface area contributed by atoms with Gasteiger partial charge in [0, 0.05) is 29.5 Å². The van der Waals surface area contributed by atoms with Gasteiger partial charge in [-0.2, -0.15) is 4.98 Å². The van der Waals surface area contributed by atoms with Crippen LogP contribution in [0.4, 0.5) is 0 Å². The van der Waals surface area contributed by atoms with Crippen LogP contribution in [0.2, 0.25) is 5.02 Å². The van der Waals surface area contributed by atoms with Crippen LogP contribution in [-0.2, 0) is 11.2 Å². The lowest BCUT2D eigenvalue weighted by Gasteiger charge is -2.29. The zero-order valence-electron chi connectivity index (χ0n) is 15.7. The lowest BCUT2D eigenvalue weighted by Crippen LogP contribution is -2.36. The number of carbonyl (C=O) groups excluding carboxylic acids is 1. The van der Waals surface area contributed by atoms with Crippen LogP contribution in [0.3, 0.4) is 0 Å². The van der Waals surface area contributed by atoms with Gasteiger partial charge in [-0.3, -0.25) is 4.79 Å². The van der Waals surface area contributed by atoms with Gasteiger partial charge in [0.25, 0.3) is 0 Å². The molecule has 0 radical (unpaired) electrons. The van der Waals surface area contributed by atoms with Gasteiger partial charge in [-0.25, -0.2) is 0 Å². The van der Waals surface area contributed by atoms with Gasteiger partial charge in [-0.1, -0.05) is 59.2 Å². The SMILES string of the molecule is CC(c1ccccc1)N(CCc1nc(-c2cccc(Cl)c2)no1)C(=O)C1CC1. The minimum absolute atomic E-state index is 0.00428. The molecule has 1 fully saturated rings. The number of nitrogens with zero attached hydrogens (tertiary/aromatic N) is 3. The van der Waals surface area contributed by atoms with E-state index in [1.165, 1.54) is 0 Å². The van der Waals surface area contributed by atoms with Gasteiger partial charge in [0.1, 0.15) is 0 Å². The predicted octanol–water partition coefficient (Wildman–Crippen LogP) is 4.93. The first-order valence-corrected chi connectivity index (χ1v) is 9.93. The molecule has 1 saturated carbocycles. The molecule has 1 atom stereocenters. The molecule has 2 aromatic carbocycles. The van der Waals surface area contributed by atoms with Gasteiger partial charge in [0.05, 0.1) is 6.04 Å². The summed E-state index contributed by atoms with van der Waals surface area (Å²) in [6.07, 6.45) is 2.48. The summed E-state index contributed by atoms with van der Waals surface area (Å²) in [4.78, 5) is 19.3. The first-order chi connectivity index (χ1) is 13.6. The van der Waals surface area contributed by atoms with Crippen molar-refractivity contribution in [2.45, 2.75) is 32.2 Å². The van der Waals surface area contributed by atoms with Crippen LogP contribution in [0.1, 0.15) is 37.3 Å². The predicted molar refractivity (Wildman–Crippen MR) is 108 cm³/mol. The Kier molecular flexibility index (Phi) is 5.44. The zero-order valence-corrected chi connectivity index (χ0v) is 16.5. The average Bonchev–Trinajstić information content (AvgIpc) is 3.46. The summed E-state index contributed by atoms with van der Waals surface area (Å²) in [6, 6.07) is 17.5. The molecule has 0 spiro atoms. The standard InChI is InChI=1S/C22H22ClN3O2/c1-15(16-6-3-2-4-7-16)26(22(27)17-10-11-17)13-12-20-24-21(25-28-20)18-8-5-9-19(23)14-18/h2-9,14-15,17H,10-13H2,1H3. The van der Waals surface area contributed by atoms with Crippen LogP contribution in [0, 0.1) is 5.92 Å². The van der Waals surface area contributed by atoms with Crippen molar-refractivity contribution < 1.29 is 9.32 Å².